The molecule has 1 saturated carbocycles. The predicted molar refractivity (Wildman–Crippen MR) is 108 cm³/mol. The van der Waals surface area contributed by atoms with Crippen LogP contribution in [0.3, 0.4) is 0 Å². The number of alkyl halides is 2. The van der Waals surface area contributed by atoms with Gasteiger partial charge in [-0.3, -0.25) is 0 Å². The number of halogens is 2. The van der Waals surface area contributed by atoms with Crippen LogP contribution < -0.4 is 0 Å². The molecular weight excluding hydrogens is 374 g/mol. The molecule has 0 amide bonds. The van der Waals surface area contributed by atoms with Crippen LogP contribution in [0.15, 0.2) is 30.5 Å². The molecule has 0 aromatic heterocycles. The van der Waals surface area contributed by atoms with E-state index >= 15 is 0 Å². The van der Waals surface area contributed by atoms with Crippen molar-refractivity contribution in [1.29, 1.82) is 0 Å². The highest BCUT2D eigenvalue weighted by molar-refractivity contribution is 5.65. The van der Waals surface area contributed by atoms with Gasteiger partial charge in [0, 0.05) is 11.5 Å². The molecular formula is C24H32F2O3. The van der Waals surface area contributed by atoms with Crippen LogP contribution in [0.2, 0.25) is 0 Å². The minimum Gasteiger partial charge on any atom is -0.440 e. The van der Waals surface area contributed by atoms with Crippen molar-refractivity contribution in [3.63, 3.8) is 0 Å². The molecule has 4 rings (SSSR count). The van der Waals surface area contributed by atoms with E-state index in [9.17, 15) is 8.78 Å². The summed E-state index contributed by atoms with van der Waals surface area (Å²) in [6.07, 6.45) is 5.81. The molecule has 0 atom stereocenters. The van der Waals surface area contributed by atoms with Crippen molar-refractivity contribution < 1.29 is 23.0 Å². The van der Waals surface area contributed by atoms with Crippen molar-refractivity contribution in [2.24, 2.45) is 17.8 Å². The SMILES string of the molecule is CCCC1CCC(C2COC(c3ccc(C4=COC(F)(F)CC4)cc3)OC2)CC1. The average Bonchev–Trinajstić information content (AvgIpc) is 2.75. The monoisotopic (exact) mass is 406 g/mol. The van der Waals surface area contributed by atoms with Gasteiger partial charge in [0.05, 0.1) is 25.9 Å². The highest BCUT2D eigenvalue weighted by atomic mass is 19.3. The summed E-state index contributed by atoms with van der Waals surface area (Å²) < 4.78 is 42.9. The number of allylic oxidation sites excluding steroid dienone is 1. The number of hydrogen-bond acceptors (Lipinski definition) is 3. The van der Waals surface area contributed by atoms with Gasteiger partial charge in [-0.15, -0.1) is 0 Å². The van der Waals surface area contributed by atoms with Gasteiger partial charge in [-0.1, -0.05) is 56.9 Å². The minimum atomic E-state index is -3.04. The molecule has 0 unspecified atom stereocenters. The molecule has 1 saturated heterocycles. The van der Waals surface area contributed by atoms with Crippen molar-refractivity contribution in [1.82, 2.24) is 0 Å². The van der Waals surface area contributed by atoms with Gasteiger partial charge in [-0.2, -0.15) is 8.78 Å². The summed E-state index contributed by atoms with van der Waals surface area (Å²) >= 11 is 0. The molecule has 0 radical (unpaired) electrons. The van der Waals surface area contributed by atoms with Crippen LogP contribution in [0, 0.1) is 17.8 Å². The summed E-state index contributed by atoms with van der Waals surface area (Å²) in [5.41, 5.74) is 2.68. The van der Waals surface area contributed by atoms with E-state index in [0.29, 0.717) is 12.3 Å². The quantitative estimate of drug-likeness (QED) is 0.545. The van der Waals surface area contributed by atoms with Crippen molar-refractivity contribution in [3.8, 4) is 0 Å². The van der Waals surface area contributed by atoms with E-state index in [1.54, 1.807) is 0 Å². The summed E-state index contributed by atoms with van der Waals surface area (Å²) in [6.45, 7) is 3.78. The van der Waals surface area contributed by atoms with Crippen molar-refractivity contribution >= 4 is 5.57 Å². The molecule has 2 heterocycles. The molecule has 29 heavy (non-hydrogen) atoms. The molecule has 1 aliphatic carbocycles. The van der Waals surface area contributed by atoms with E-state index in [1.807, 2.05) is 24.3 Å². The average molecular weight is 407 g/mol. The van der Waals surface area contributed by atoms with Crippen molar-refractivity contribution in [3.05, 3.63) is 41.7 Å². The second-order valence-corrected chi connectivity index (χ2v) is 8.85. The zero-order chi connectivity index (χ0) is 20.3. The number of hydrogen-bond donors (Lipinski definition) is 0. The van der Waals surface area contributed by atoms with Crippen LogP contribution in [0.1, 0.15) is 75.7 Å². The molecule has 2 aliphatic heterocycles. The zero-order valence-electron chi connectivity index (χ0n) is 17.2. The summed E-state index contributed by atoms with van der Waals surface area (Å²) in [5, 5.41) is 0. The Kier molecular flexibility index (Phi) is 6.55. The first-order valence-corrected chi connectivity index (χ1v) is 11.1. The summed E-state index contributed by atoms with van der Waals surface area (Å²) in [6, 6.07) is 7.79. The van der Waals surface area contributed by atoms with Gasteiger partial charge in [-0.05, 0) is 42.2 Å². The molecule has 1 aromatic rings. The van der Waals surface area contributed by atoms with Gasteiger partial charge in [-0.25, -0.2) is 0 Å². The maximum absolute atomic E-state index is 13.1. The fourth-order valence-corrected chi connectivity index (χ4v) is 4.96. The lowest BCUT2D eigenvalue weighted by atomic mass is 9.75. The fraction of sp³-hybridized carbons (Fsp3) is 0.667. The largest absolute Gasteiger partial charge is 0.440 e. The van der Waals surface area contributed by atoms with Gasteiger partial charge in [0.1, 0.15) is 0 Å². The molecule has 1 aromatic carbocycles. The van der Waals surface area contributed by atoms with E-state index in [1.165, 1.54) is 44.8 Å². The maximum Gasteiger partial charge on any atom is 0.397 e. The normalized spacial score (nSPS) is 32.3. The Labute approximate surface area is 172 Å². The lowest BCUT2D eigenvalue weighted by Crippen LogP contribution is -2.34. The third kappa shape index (κ3) is 5.18. The summed E-state index contributed by atoms with van der Waals surface area (Å²) in [5.74, 6) is 2.14. The first kappa shape index (κ1) is 20.8. The Morgan fingerprint density at radius 2 is 1.66 bits per heavy atom. The van der Waals surface area contributed by atoms with Crippen LogP contribution in [-0.4, -0.2) is 19.3 Å². The van der Waals surface area contributed by atoms with Crippen molar-refractivity contribution in [2.45, 2.75) is 70.7 Å². The second-order valence-electron chi connectivity index (χ2n) is 8.85. The molecule has 0 bridgehead atoms. The highest BCUT2D eigenvalue weighted by Gasteiger charge is 2.34. The molecule has 2 fully saturated rings. The summed E-state index contributed by atoms with van der Waals surface area (Å²) in [7, 11) is 0. The third-order valence-corrected chi connectivity index (χ3v) is 6.79. The smallest absolute Gasteiger partial charge is 0.397 e. The number of benzene rings is 1. The maximum atomic E-state index is 13.1. The summed E-state index contributed by atoms with van der Waals surface area (Å²) in [4.78, 5) is 0. The van der Waals surface area contributed by atoms with E-state index in [2.05, 4.69) is 11.7 Å². The van der Waals surface area contributed by atoms with Gasteiger partial charge >= 0.3 is 6.11 Å². The van der Waals surface area contributed by atoms with Crippen LogP contribution >= 0.6 is 0 Å². The van der Waals surface area contributed by atoms with Crippen LogP contribution in [0.25, 0.3) is 5.57 Å². The third-order valence-electron chi connectivity index (χ3n) is 6.79. The van der Waals surface area contributed by atoms with E-state index < -0.39 is 6.11 Å². The Bertz CT molecular complexity index is 685. The molecule has 0 N–H and O–H groups in total. The zero-order valence-corrected chi connectivity index (χ0v) is 17.2. The minimum absolute atomic E-state index is 0.281. The molecule has 160 valence electrons. The molecule has 3 aliphatic rings. The fourth-order valence-electron chi connectivity index (χ4n) is 4.96. The van der Waals surface area contributed by atoms with E-state index in [0.717, 1.165) is 41.7 Å². The second kappa shape index (κ2) is 9.13. The predicted octanol–water partition coefficient (Wildman–Crippen LogP) is 6.70. The van der Waals surface area contributed by atoms with E-state index in [-0.39, 0.29) is 12.7 Å². The van der Waals surface area contributed by atoms with Gasteiger partial charge in [0.15, 0.2) is 6.29 Å². The standard InChI is InChI=1S/C24H32F2O3/c1-2-3-17-4-6-19(7-5-17)22-14-27-23(28-15-22)20-10-8-18(9-11-20)21-12-13-24(25,26)29-16-21/h8-11,16-17,19,22-23H,2-7,12-15H2,1H3. The highest BCUT2D eigenvalue weighted by Crippen LogP contribution is 2.39. The number of ether oxygens (including phenoxy) is 3. The Hall–Kier alpha value is -1.46. The van der Waals surface area contributed by atoms with Crippen LogP contribution in [0.5, 0.6) is 0 Å². The van der Waals surface area contributed by atoms with Gasteiger partial charge in [0.25, 0.3) is 0 Å². The Balaban J connectivity index is 1.28. The molecule has 3 nitrogen and oxygen atoms in total. The number of rotatable bonds is 5. The molecule has 5 heteroatoms. The molecule has 0 spiro atoms. The van der Waals surface area contributed by atoms with Crippen LogP contribution in [-0.2, 0) is 14.2 Å². The Morgan fingerprint density at radius 3 is 2.24 bits per heavy atom. The lowest BCUT2D eigenvalue weighted by molar-refractivity contribution is -0.214. The van der Waals surface area contributed by atoms with E-state index in [4.69, 9.17) is 9.47 Å². The first-order chi connectivity index (χ1) is 14.0. The Morgan fingerprint density at radius 1 is 0.966 bits per heavy atom. The lowest BCUT2D eigenvalue weighted by Gasteiger charge is -2.37. The van der Waals surface area contributed by atoms with Crippen LogP contribution in [0.4, 0.5) is 8.78 Å². The first-order valence-electron chi connectivity index (χ1n) is 11.1. The topological polar surface area (TPSA) is 27.7 Å². The van der Waals surface area contributed by atoms with Gasteiger partial charge in [0.2, 0.25) is 0 Å². The van der Waals surface area contributed by atoms with Gasteiger partial charge < -0.3 is 14.2 Å². The van der Waals surface area contributed by atoms with Crippen molar-refractivity contribution in [2.75, 3.05) is 13.2 Å².